The zero-order valence-corrected chi connectivity index (χ0v) is 14.3. The Balaban J connectivity index is 1.82. The van der Waals surface area contributed by atoms with E-state index in [2.05, 4.69) is 12.2 Å². The summed E-state index contributed by atoms with van der Waals surface area (Å²) in [7, 11) is 0. The van der Waals surface area contributed by atoms with Crippen LogP contribution in [0.4, 0.5) is 11.4 Å². The quantitative estimate of drug-likeness (QED) is 0.875. The molecule has 1 aliphatic rings. The first-order valence-electron chi connectivity index (χ1n) is 8.29. The Bertz CT molecular complexity index is 781. The van der Waals surface area contributed by atoms with Crippen LogP contribution in [0.1, 0.15) is 30.0 Å². The van der Waals surface area contributed by atoms with Crippen molar-refractivity contribution in [2.75, 3.05) is 10.2 Å². The molecule has 124 valence electrons. The number of nitrogens with one attached hydrogen (secondary N) is 1. The van der Waals surface area contributed by atoms with Crippen LogP contribution in [0.2, 0.25) is 0 Å². The summed E-state index contributed by atoms with van der Waals surface area (Å²) in [6.07, 6.45) is 1.11. The van der Waals surface area contributed by atoms with Gasteiger partial charge in [0.1, 0.15) is 6.04 Å². The van der Waals surface area contributed by atoms with E-state index in [1.165, 1.54) is 10.5 Å². The lowest BCUT2D eigenvalue weighted by Gasteiger charge is -2.17. The molecule has 4 nitrogen and oxygen atoms in total. The molecule has 1 fully saturated rings. The molecule has 1 atom stereocenters. The molecule has 4 heteroatoms. The first kappa shape index (κ1) is 16.2. The molecule has 1 N–H and O–H groups in total. The van der Waals surface area contributed by atoms with Crippen LogP contribution in [0.15, 0.2) is 42.5 Å². The Morgan fingerprint density at radius 2 is 1.79 bits per heavy atom. The summed E-state index contributed by atoms with van der Waals surface area (Å²) >= 11 is 0. The van der Waals surface area contributed by atoms with E-state index in [9.17, 15) is 9.59 Å². The minimum absolute atomic E-state index is 0.160. The van der Waals surface area contributed by atoms with E-state index >= 15 is 0 Å². The molecular weight excluding hydrogens is 300 g/mol. The number of hydrogen-bond donors (Lipinski definition) is 1. The van der Waals surface area contributed by atoms with Gasteiger partial charge < -0.3 is 5.32 Å². The normalized spacial score (nSPS) is 17.5. The Kier molecular flexibility index (Phi) is 4.38. The Morgan fingerprint density at radius 3 is 2.46 bits per heavy atom. The first-order valence-corrected chi connectivity index (χ1v) is 8.29. The van der Waals surface area contributed by atoms with Crippen LogP contribution in [0.3, 0.4) is 0 Å². The van der Waals surface area contributed by atoms with Crippen molar-refractivity contribution in [1.82, 2.24) is 0 Å². The molecule has 1 saturated heterocycles. The van der Waals surface area contributed by atoms with Gasteiger partial charge in [0.25, 0.3) is 5.91 Å². The molecule has 24 heavy (non-hydrogen) atoms. The van der Waals surface area contributed by atoms with Crippen molar-refractivity contribution in [1.29, 1.82) is 0 Å². The molecule has 0 bridgehead atoms. The average molecular weight is 322 g/mol. The van der Waals surface area contributed by atoms with Crippen LogP contribution < -0.4 is 10.2 Å². The maximum atomic E-state index is 12.7. The van der Waals surface area contributed by atoms with Crippen molar-refractivity contribution < 1.29 is 9.59 Å². The van der Waals surface area contributed by atoms with E-state index < -0.39 is 6.04 Å². The van der Waals surface area contributed by atoms with Crippen LogP contribution in [0.5, 0.6) is 0 Å². The van der Waals surface area contributed by atoms with E-state index in [0.29, 0.717) is 5.69 Å². The minimum atomic E-state index is -0.510. The van der Waals surface area contributed by atoms with E-state index in [1.54, 1.807) is 0 Å². The zero-order chi connectivity index (χ0) is 17.3. The molecule has 0 spiro atoms. The predicted molar refractivity (Wildman–Crippen MR) is 96.3 cm³/mol. The second kappa shape index (κ2) is 6.48. The van der Waals surface area contributed by atoms with Gasteiger partial charge in [-0.15, -0.1) is 0 Å². The Hall–Kier alpha value is -2.62. The van der Waals surface area contributed by atoms with Crippen molar-refractivity contribution in [3.63, 3.8) is 0 Å². The second-order valence-electron chi connectivity index (χ2n) is 6.31. The molecule has 2 aromatic carbocycles. The van der Waals surface area contributed by atoms with Crippen LogP contribution in [-0.2, 0) is 16.0 Å². The number of nitrogens with zero attached hydrogens (tertiary/aromatic N) is 1. The molecule has 2 aromatic rings. The van der Waals surface area contributed by atoms with Crippen LogP contribution in [0.25, 0.3) is 0 Å². The maximum absolute atomic E-state index is 12.7. The van der Waals surface area contributed by atoms with E-state index in [-0.39, 0.29) is 18.2 Å². The van der Waals surface area contributed by atoms with Gasteiger partial charge in [0.05, 0.1) is 12.1 Å². The molecule has 1 heterocycles. The van der Waals surface area contributed by atoms with Gasteiger partial charge in [0.15, 0.2) is 0 Å². The summed E-state index contributed by atoms with van der Waals surface area (Å²) in [5, 5.41) is 3.24. The fourth-order valence-electron chi connectivity index (χ4n) is 2.98. The minimum Gasteiger partial charge on any atom is -0.373 e. The predicted octanol–water partition coefficient (Wildman–Crippen LogP) is 3.61. The molecule has 3 rings (SSSR count). The van der Waals surface area contributed by atoms with Crippen molar-refractivity contribution in [2.24, 2.45) is 0 Å². The summed E-state index contributed by atoms with van der Waals surface area (Å²) in [5.41, 5.74) is 4.91. The van der Waals surface area contributed by atoms with E-state index in [0.717, 1.165) is 23.2 Å². The number of amides is 2. The standard InChI is InChI=1S/C20H22N2O2/c1-4-15-7-9-16(10-8-15)22-19(23)12-18(20(22)24)21-17-11-13(2)5-6-14(17)3/h5-11,18,21H,4,12H2,1-3H3/t18-/m1/s1. The van der Waals surface area contributed by atoms with E-state index in [4.69, 9.17) is 0 Å². The maximum Gasteiger partial charge on any atom is 0.256 e. The summed E-state index contributed by atoms with van der Waals surface area (Å²) in [6.45, 7) is 6.07. The molecular formula is C20H22N2O2. The number of carbonyl (C=O) groups excluding carboxylic acids is 2. The lowest BCUT2D eigenvalue weighted by molar-refractivity contribution is -0.121. The highest BCUT2D eigenvalue weighted by molar-refractivity contribution is 6.23. The topological polar surface area (TPSA) is 49.4 Å². The van der Waals surface area contributed by atoms with Gasteiger partial charge in [-0.3, -0.25) is 9.59 Å². The van der Waals surface area contributed by atoms with Gasteiger partial charge in [0.2, 0.25) is 5.91 Å². The molecule has 0 aliphatic carbocycles. The molecule has 0 radical (unpaired) electrons. The van der Waals surface area contributed by atoms with Gasteiger partial charge in [-0.1, -0.05) is 31.2 Å². The molecule has 0 aromatic heterocycles. The van der Waals surface area contributed by atoms with Gasteiger partial charge in [-0.25, -0.2) is 4.90 Å². The fourth-order valence-corrected chi connectivity index (χ4v) is 2.98. The molecule has 2 amide bonds. The highest BCUT2D eigenvalue weighted by Crippen LogP contribution is 2.26. The fraction of sp³-hybridized carbons (Fsp3) is 0.300. The lowest BCUT2D eigenvalue weighted by atomic mass is 10.1. The highest BCUT2D eigenvalue weighted by atomic mass is 16.2. The number of hydrogen-bond acceptors (Lipinski definition) is 3. The zero-order valence-electron chi connectivity index (χ0n) is 14.3. The van der Waals surface area contributed by atoms with Gasteiger partial charge in [-0.05, 0) is 55.2 Å². The summed E-state index contributed by atoms with van der Waals surface area (Å²) in [6, 6.07) is 13.1. The van der Waals surface area contributed by atoms with Crippen LogP contribution in [0, 0.1) is 13.8 Å². The summed E-state index contributed by atoms with van der Waals surface area (Å²) < 4.78 is 0. The van der Waals surface area contributed by atoms with Crippen molar-refractivity contribution in [3.05, 3.63) is 59.2 Å². The number of anilines is 2. The van der Waals surface area contributed by atoms with Crippen LogP contribution >= 0.6 is 0 Å². The Labute approximate surface area is 142 Å². The van der Waals surface area contributed by atoms with Crippen LogP contribution in [-0.4, -0.2) is 17.9 Å². The van der Waals surface area contributed by atoms with Gasteiger partial charge in [-0.2, -0.15) is 0 Å². The smallest absolute Gasteiger partial charge is 0.256 e. The molecule has 0 unspecified atom stereocenters. The third-order valence-corrected chi connectivity index (χ3v) is 4.47. The third kappa shape index (κ3) is 3.04. The molecule has 1 aliphatic heterocycles. The second-order valence-corrected chi connectivity index (χ2v) is 6.31. The van der Waals surface area contributed by atoms with Gasteiger partial charge >= 0.3 is 0 Å². The van der Waals surface area contributed by atoms with Crippen molar-refractivity contribution in [2.45, 2.75) is 39.7 Å². The monoisotopic (exact) mass is 322 g/mol. The number of carbonyl (C=O) groups is 2. The highest BCUT2D eigenvalue weighted by Gasteiger charge is 2.39. The summed E-state index contributed by atoms with van der Waals surface area (Å²) in [5.74, 6) is -0.350. The largest absolute Gasteiger partial charge is 0.373 e. The number of rotatable bonds is 4. The number of imide groups is 1. The number of benzene rings is 2. The SMILES string of the molecule is CCc1ccc(N2C(=O)C[C@@H](Nc3cc(C)ccc3C)C2=O)cc1. The average Bonchev–Trinajstić information content (AvgIpc) is 2.85. The Morgan fingerprint density at radius 1 is 1.08 bits per heavy atom. The third-order valence-electron chi connectivity index (χ3n) is 4.47. The number of aryl methyl sites for hydroxylation is 3. The van der Waals surface area contributed by atoms with E-state index in [1.807, 2.05) is 56.3 Å². The first-order chi connectivity index (χ1) is 11.5. The lowest BCUT2D eigenvalue weighted by Crippen LogP contribution is -2.34. The van der Waals surface area contributed by atoms with Crippen molar-refractivity contribution >= 4 is 23.2 Å². The molecule has 0 saturated carbocycles. The summed E-state index contributed by atoms with van der Waals surface area (Å²) in [4.78, 5) is 26.4. The van der Waals surface area contributed by atoms with Crippen molar-refractivity contribution in [3.8, 4) is 0 Å². The van der Waals surface area contributed by atoms with Gasteiger partial charge in [0, 0.05) is 5.69 Å².